The molecule has 1 N–H and O–H groups in total. The first-order chi connectivity index (χ1) is 7.84. The predicted molar refractivity (Wildman–Crippen MR) is 64.6 cm³/mol. The highest BCUT2D eigenvalue weighted by Gasteiger charge is 2.27. The zero-order valence-electron chi connectivity index (χ0n) is 8.84. The third kappa shape index (κ3) is 1.88. The Bertz CT molecular complexity index is 476. The number of aliphatic hydroxyl groups excluding tert-OH is 1. The molecule has 16 heavy (non-hydrogen) atoms. The molecule has 0 spiro atoms. The van der Waals surface area contributed by atoms with Crippen LogP contribution < -0.4 is 0 Å². The summed E-state index contributed by atoms with van der Waals surface area (Å²) in [7, 11) is 0. The number of aliphatic hydroxyl groups is 1. The lowest BCUT2D eigenvalue weighted by Gasteiger charge is -2.06. The highest BCUT2D eigenvalue weighted by molar-refractivity contribution is 7.09. The van der Waals surface area contributed by atoms with Crippen LogP contribution in [-0.2, 0) is 0 Å². The molecule has 0 radical (unpaired) electrons. The summed E-state index contributed by atoms with van der Waals surface area (Å²) in [5.74, 6) is 0.660. The summed E-state index contributed by atoms with van der Waals surface area (Å²) in [5, 5.41) is 13.1. The Morgan fingerprint density at radius 2 is 2.00 bits per heavy atom. The Kier molecular flexibility index (Phi) is 2.50. The number of hydrogen-bond donors (Lipinski definition) is 1. The number of thiazole rings is 1. The number of nitrogens with zero attached hydrogens (tertiary/aromatic N) is 1. The van der Waals surface area contributed by atoms with Crippen molar-refractivity contribution >= 4 is 11.3 Å². The Morgan fingerprint density at radius 1 is 1.25 bits per heavy atom. The van der Waals surface area contributed by atoms with E-state index in [4.69, 9.17) is 0 Å². The molecule has 0 aliphatic heterocycles. The fourth-order valence-electron chi connectivity index (χ4n) is 1.77. The molecule has 0 amide bonds. The van der Waals surface area contributed by atoms with Crippen LogP contribution in [0.1, 0.15) is 41.1 Å². The Morgan fingerprint density at radius 3 is 2.69 bits per heavy atom. The Hall–Kier alpha value is -1.19. The zero-order valence-corrected chi connectivity index (χ0v) is 9.65. The zero-order chi connectivity index (χ0) is 11.0. The van der Waals surface area contributed by atoms with Crippen molar-refractivity contribution in [1.29, 1.82) is 0 Å². The summed E-state index contributed by atoms with van der Waals surface area (Å²) in [6.07, 6.45) is 1.94. The van der Waals surface area contributed by atoms with E-state index in [9.17, 15) is 5.11 Å². The SMILES string of the molecule is OC(c1ccccc1)c1nc(C2CC2)cs1. The summed E-state index contributed by atoms with van der Waals surface area (Å²) >= 11 is 1.56. The topological polar surface area (TPSA) is 33.1 Å². The van der Waals surface area contributed by atoms with Gasteiger partial charge in [0.25, 0.3) is 0 Å². The van der Waals surface area contributed by atoms with E-state index in [1.54, 1.807) is 11.3 Å². The van der Waals surface area contributed by atoms with Crippen molar-refractivity contribution in [1.82, 2.24) is 4.98 Å². The summed E-state index contributed by atoms with van der Waals surface area (Å²) in [5.41, 5.74) is 2.08. The lowest BCUT2D eigenvalue weighted by Crippen LogP contribution is -1.98. The van der Waals surface area contributed by atoms with Gasteiger partial charge in [-0.05, 0) is 18.4 Å². The highest BCUT2D eigenvalue weighted by atomic mass is 32.1. The minimum Gasteiger partial charge on any atom is -0.381 e. The molecule has 0 bridgehead atoms. The van der Waals surface area contributed by atoms with Gasteiger partial charge in [-0.2, -0.15) is 0 Å². The summed E-state index contributed by atoms with van der Waals surface area (Å²) < 4.78 is 0. The molecule has 3 rings (SSSR count). The molecule has 0 saturated heterocycles. The van der Waals surface area contributed by atoms with Crippen LogP contribution in [0.2, 0.25) is 0 Å². The van der Waals surface area contributed by atoms with Crippen LogP contribution in [0, 0.1) is 0 Å². The van der Waals surface area contributed by atoms with E-state index in [1.807, 2.05) is 30.3 Å². The van der Waals surface area contributed by atoms with Crippen molar-refractivity contribution in [2.45, 2.75) is 24.9 Å². The van der Waals surface area contributed by atoms with E-state index in [1.165, 1.54) is 12.8 Å². The molecule has 1 aliphatic carbocycles. The van der Waals surface area contributed by atoms with Gasteiger partial charge in [-0.15, -0.1) is 11.3 Å². The number of hydrogen-bond acceptors (Lipinski definition) is 3. The second-order valence-corrected chi connectivity index (χ2v) is 5.09. The van der Waals surface area contributed by atoms with Gasteiger partial charge in [-0.25, -0.2) is 4.98 Å². The predicted octanol–water partition coefficient (Wildman–Crippen LogP) is 3.10. The summed E-state index contributed by atoms with van der Waals surface area (Å²) in [4.78, 5) is 4.52. The van der Waals surface area contributed by atoms with E-state index in [2.05, 4.69) is 10.4 Å². The standard InChI is InChI=1S/C13H13NOS/c15-12(10-4-2-1-3-5-10)13-14-11(8-16-13)9-6-7-9/h1-5,8-9,12,15H,6-7H2. The maximum atomic E-state index is 10.2. The van der Waals surface area contributed by atoms with Crippen molar-refractivity contribution in [3.63, 3.8) is 0 Å². The lowest BCUT2D eigenvalue weighted by atomic mass is 10.1. The van der Waals surface area contributed by atoms with Gasteiger partial charge in [0.2, 0.25) is 0 Å². The first kappa shape index (κ1) is 10.00. The molecule has 1 atom stereocenters. The van der Waals surface area contributed by atoms with Gasteiger partial charge in [0.1, 0.15) is 11.1 Å². The maximum absolute atomic E-state index is 10.2. The molecule has 3 heteroatoms. The Labute approximate surface area is 98.6 Å². The fraction of sp³-hybridized carbons (Fsp3) is 0.308. The monoisotopic (exact) mass is 231 g/mol. The van der Waals surface area contributed by atoms with E-state index < -0.39 is 6.10 Å². The van der Waals surface area contributed by atoms with Crippen LogP contribution in [0.4, 0.5) is 0 Å². The smallest absolute Gasteiger partial charge is 0.131 e. The van der Waals surface area contributed by atoms with Gasteiger partial charge < -0.3 is 5.11 Å². The van der Waals surface area contributed by atoms with E-state index in [0.29, 0.717) is 5.92 Å². The molecule has 1 fully saturated rings. The molecular weight excluding hydrogens is 218 g/mol. The van der Waals surface area contributed by atoms with Gasteiger partial charge in [-0.3, -0.25) is 0 Å². The second kappa shape index (κ2) is 4.00. The average molecular weight is 231 g/mol. The van der Waals surface area contributed by atoms with Gasteiger partial charge in [0.05, 0.1) is 5.69 Å². The molecule has 1 aromatic carbocycles. The van der Waals surface area contributed by atoms with Crippen LogP contribution in [0.25, 0.3) is 0 Å². The van der Waals surface area contributed by atoms with Crippen LogP contribution >= 0.6 is 11.3 Å². The number of rotatable bonds is 3. The molecule has 2 nitrogen and oxygen atoms in total. The number of aromatic nitrogens is 1. The fourth-order valence-corrected chi connectivity index (χ4v) is 2.68. The van der Waals surface area contributed by atoms with Gasteiger partial charge in [-0.1, -0.05) is 30.3 Å². The van der Waals surface area contributed by atoms with E-state index >= 15 is 0 Å². The van der Waals surface area contributed by atoms with Crippen molar-refractivity contribution in [3.05, 3.63) is 52.0 Å². The second-order valence-electron chi connectivity index (χ2n) is 4.20. The van der Waals surface area contributed by atoms with E-state index in [-0.39, 0.29) is 0 Å². The molecule has 1 aliphatic rings. The summed E-state index contributed by atoms with van der Waals surface area (Å²) in [6, 6.07) is 9.70. The van der Waals surface area contributed by atoms with Crippen LogP contribution in [0.15, 0.2) is 35.7 Å². The van der Waals surface area contributed by atoms with Gasteiger partial charge in [0.15, 0.2) is 0 Å². The van der Waals surface area contributed by atoms with Crippen molar-refractivity contribution in [3.8, 4) is 0 Å². The molecule has 1 aromatic heterocycles. The van der Waals surface area contributed by atoms with Crippen LogP contribution in [0.3, 0.4) is 0 Å². The summed E-state index contributed by atoms with van der Waals surface area (Å²) in [6.45, 7) is 0. The Balaban J connectivity index is 1.85. The highest BCUT2D eigenvalue weighted by Crippen LogP contribution is 2.41. The first-order valence-electron chi connectivity index (χ1n) is 5.53. The quantitative estimate of drug-likeness (QED) is 0.880. The minimum atomic E-state index is -0.571. The van der Waals surface area contributed by atoms with Crippen LogP contribution in [0.5, 0.6) is 0 Å². The molecule has 82 valence electrons. The minimum absolute atomic E-state index is 0.571. The third-order valence-electron chi connectivity index (χ3n) is 2.88. The largest absolute Gasteiger partial charge is 0.381 e. The number of benzene rings is 1. The van der Waals surface area contributed by atoms with Crippen molar-refractivity contribution < 1.29 is 5.11 Å². The third-order valence-corrected chi connectivity index (χ3v) is 3.80. The van der Waals surface area contributed by atoms with Gasteiger partial charge in [0, 0.05) is 11.3 Å². The van der Waals surface area contributed by atoms with E-state index in [0.717, 1.165) is 16.3 Å². The first-order valence-corrected chi connectivity index (χ1v) is 6.41. The van der Waals surface area contributed by atoms with Gasteiger partial charge >= 0.3 is 0 Å². The van der Waals surface area contributed by atoms with Crippen molar-refractivity contribution in [2.75, 3.05) is 0 Å². The maximum Gasteiger partial charge on any atom is 0.131 e. The normalized spacial score (nSPS) is 17.3. The van der Waals surface area contributed by atoms with Crippen LogP contribution in [-0.4, -0.2) is 10.1 Å². The molecule has 1 heterocycles. The molecule has 1 unspecified atom stereocenters. The molecular formula is C13H13NOS. The molecule has 2 aromatic rings. The molecule has 1 saturated carbocycles. The van der Waals surface area contributed by atoms with Crippen molar-refractivity contribution in [2.24, 2.45) is 0 Å². The average Bonchev–Trinajstić information content (AvgIpc) is 3.08. The lowest BCUT2D eigenvalue weighted by molar-refractivity contribution is 0.219.